The highest BCUT2D eigenvalue weighted by molar-refractivity contribution is 6.07. The summed E-state index contributed by atoms with van der Waals surface area (Å²) in [6.45, 7) is 5.44. The molecule has 0 saturated carbocycles. The normalized spacial score (nSPS) is 15.3. The van der Waals surface area contributed by atoms with Crippen molar-refractivity contribution in [2.75, 3.05) is 19.6 Å². The number of nitrogens with two attached hydrogens (primary N) is 1. The van der Waals surface area contributed by atoms with Crippen molar-refractivity contribution < 1.29 is 9.59 Å². The lowest BCUT2D eigenvalue weighted by atomic mass is 9.94. The molecule has 3 N–H and O–H groups in total. The molecule has 0 unspecified atom stereocenters. The highest BCUT2D eigenvalue weighted by Crippen LogP contribution is 2.23. The number of carbonyl (C=O) groups is 2. The van der Waals surface area contributed by atoms with Gasteiger partial charge >= 0.3 is 0 Å². The third kappa shape index (κ3) is 5.21. The van der Waals surface area contributed by atoms with Gasteiger partial charge in [0, 0.05) is 36.7 Å². The molecule has 1 saturated heterocycles. The maximum Gasteiger partial charge on any atom is 0.254 e. The second-order valence-electron chi connectivity index (χ2n) is 7.80. The molecular formula is C21H28ClN3O2. The van der Waals surface area contributed by atoms with Crippen LogP contribution in [-0.4, -0.2) is 41.9 Å². The van der Waals surface area contributed by atoms with Crippen molar-refractivity contribution in [2.45, 2.75) is 32.2 Å². The van der Waals surface area contributed by atoms with Crippen molar-refractivity contribution in [2.24, 2.45) is 11.7 Å². The van der Waals surface area contributed by atoms with E-state index in [2.05, 4.69) is 5.32 Å². The zero-order chi connectivity index (χ0) is 18.7. The monoisotopic (exact) mass is 389 g/mol. The summed E-state index contributed by atoms with van der Waals surface area (Å²) in [6, 6.07) is 13.7. The molecule has 0 bridgehead atoms. The number of hydrogen-bond acceptors (Lipinski definition) is 3. The molecule has 0 atom stereocenters. The minimum atomic E-state index is -0.416. The van der Waals surface area contributed by atoms with E-state index >= 15 is 0 Å². The van der Waals surface area contributed by atoms with Crippen molar-refractivity contribution in [3.05, 3.63) is 48.0 Å². The van der Waals surface area contributed by atoms with E-state index in [1.54, 1.807) is 0 Å². The number of amides is 2. The predicted octanol–water partition coefficient (Wildman–Crippen LogP) is 2.97. The van der Waals surface area contributed by atoms with Crippen LogP contribution in [0.5, 0.6) is 0 Å². The van der Waals surface area contributed by atoms with E-state index in [9.17, 15) is 9.59 Å². The third-order valence-electron chi connectivity index (χ3n) is 4.89. The van der Waals surface area contributed by atoms with Crippen LogP contribution in [-0.2, 0) is 4.79 Å². The summed E-state index contributed by atoms with van der Waals surface area (Å²) in [6.07, 6.45) is 1.38. The molecule has 1 aliphatic rings. The molecular weight excluding hydrogens is 362 g/mol. The van der Waals surface area contributed by atoms with E-state index < -0.39 is 5.54 Å². The molecule has 1 fully saturated rings. The standard InChI is InChI=1S/C21H27N3O2.ClH/c1-21(2,22)14-23-19(25)16-10-12-24(13-11-16)20(26)18-9-5-7-15-6-3-4-8-17(15)18;/h3-9,16H,10-14,22H2,1-2H3,(H,23,25);1H. The van der Waals surface area contributed by atoms with Gasteiger partial charge in [0.25, 0.3) is 5.91 Å². The molecule has 2 aromatic carbocycles. The molecule has 3 rings (SSSR count). The van der Waals surface area contributed by atoms with Crippen molar-refractivity contribution in [1.29, 1.82) is 0 Å². The Morgan fingerprint density at radius 3 is 2.41 bits per heavy atom. The van der Waals surface area contributed by atoms with E-state index in [-0.39, 0.29) is 30.1 Å². The summed E-state index contributed by atoms with van der Waals surface area (Å²) >= 11 is 0. The first-order valence-corrected chi connectivity index (χ1v) is 9.19. The topological polar surface area (TPSA) is 75.4 Å². The van der Waals surface area contributed by atoms with Gasteiger partial charge in [0.15, 0.2) is 0 Å². The number of hydrogen-bond donors (Lipinski definition) is 2. The Kier molecular flexibility index (Phi) is 6.84. The second-order valence-corrected chi connectivity index (χ2v) is 7.80. The largest absolute Gasteiger partial charge is 0.354 e. The lowest BCUT2D eigenvalue weighted by Crippen LogP contribution is -2.48. The number of rotatable bonds is 4. The Balaban J connectivity index is 0.00000261. The average molecular weight is 390 g/mol. The Morgan fingerprint density at radius 2 is 1.74 bits per heavy atom. The van der Waals surface area contributed by atoms with Crippen LogP contribution < -0.4 is 11.1 Å². The van der Waals surface area contributed by atoms with Crippen LogP contribution in [0.2, 0.25) is 0 Å². The Bertz CT molecular complexity index is 803. The Morgan fingerprint density at radius 1 is 1.11 bits per heavy atom. The molecule has 1 aliphatic heterocycles. The fourth-order valence-corrected chi connectivity index (χ4v) is 3.39. The lowest BCUT2D eigenvalue weighted by molar-refractivity contribution is -0.126. The van der Waals surface area contributed by atoms with Crippen LogP contribution >= 0.6 is 12.4 Å². The number of nitrogens with one attached hydrogen (secondary N) is 1. The van der Waals surface area contributed by atoms with Gasteiger partial charge in [-0.3, -0.25) is 9.59 Å². The quantitative estimate of drug-likeness (QED) is 0.844. The molecule has 0 radical (unpaired) electrons. The van der Waals surface area contributed by atoms with E-state index in [4.69, 9.17) is 5.73 Å². The van der Waals surface area contributed by atoms with E-state index in [1.165, 1.54) is 0 Å². The highest BCUT2D eigenvalue weighted by atomic mass is 35.5. The fourth-order valence-electron chi connectivity index (χ4n) is 3.39. The van der Waals surface area contributed by atoms with Crippen LogP contribution in [0.4, 0.5) is 0 Å². The van der Waals surface area contributed by atoms with E-state index in [0.29, 0.717) is 32.5 Å². The van der Waals surface area contributed by atoms with E-state index in [0.717, 1.165) is 16.3 Å². The van der Waals surface area contributed by atoms with Crippen LogP contribution in [0.3, 0.4) is 0 Å². The van der Waals surface area contributed by atoms with Gasteiger partial charge in [0.2, 0.25) is 5.91 Å². The summed E-state index contributed by atoms with van der Waals surface area (Å²) in [5.74, 6) is 0.0402. The lowest BCUT2D eigenvalue weighted by Gasteiger charge is -2.32. The Labute approximate surface area is 166 Å². The highest BCUT2D eigenvalue weighted by Gasteiger charge is 2.28. The average Bonchev–Trinajstić information content (AvgIpc) is 2.64. The summed E-state index contributed by atoms with van der Waals surface area (Å²) in [4.78, 5) is 27.1. The molecule has 6 heteroatoms. The number of benzene rings is 2. The van der Waals surface area contributed by atoms with Gasteiger partial charge in [-0.1, -0.05) is 36.4 Å². The summed E-state index contributed by atoms with van der Waals surface area (Å²) in [7, 11) is 0. The molecule has 0 aliphatic carbocycles. The maximum atomic E-state index is 13.0. The number of likely N-dealkylation sites (tertiary alicyclic amines) is 1. The van der Waals surface area contributed by atoms with Crippen molar-refractivity contribution in [3.8, 4) is 0 Å². The van der Waals surface area contributed by atoms with Crippen LogP contribution in [0, 0.1) is 5.92 Å². The van der Waals surface area contributed by atoms with Gasteiger partial charge < -0.3 is 16.0 Å². The van der Waals surface area contributed by atoms with Gasteiger partial charge in [-0.25, -0.2) is 0 Å². The minimum absolute atomic E-state index is 0. The van der Waals surface area contributed by atoms with Gasteiger partial charge in [0.05, 0.1) is 0 Å². The second kappa shape index (κ2) is 8.72. The fraction of sp³-hybridized carbons (Fsp3) is 0.429. The zero-order valence-corrected chi connectivity index (χ0v) is 16.7. The van der Waals surface area contributed by atoms with Crippen LogP contribution in [0.15, 0.2) is 42.5 Å². The summed E-state index contributed by atoms with van der Waals surface area (Å²) < 4.78 is 0. The smallest absolute Gasteiger partial charge is 0.254 e. The number of nitrogens with zero attached hydrogens (tertiary/aromatic N) is 1. The van der Waals surface area contributed by atoms with E-state index in [1.807, 2.05) is 61.2 Å². The number of piperidine rings is 1. The van der Waals surface area contributed by atoms with Crippen molar-refractivity contribution in [1.82, 2.24) is 10.2 Å². The molecule has 2 aromatic rings. The van der Waals surface area contributed by atoms with Crippen molar-refractivity contribution >= 4 is 35.0 Å². The third-order valence-corrected chi connectivity index (χ3v) is 4.89. The predicted molar refractivity (Wildman–Crippen MR) is 111 cm³/mol. The first kappa shape index (κ1) is 21.2. The van der Waals surface area contributed by atoms with Gasteiger partial charge in [-0.05, 0) is 43.5 Å². The van der Waals surface area contributed by atoms with Gasteiger partial charge in [-0.15, -0.1) is 12.4 Å². The first-order valence-electron chi connectivity index (χ1n) is 9.19. The van der Waals surface area contributed by atoms with Gasteiger partial charge in [0.1, 0.15) is 0 Å². The SMILES string of the molecule is CC(C)(N)CNC(=O)C1CCN(C(=O)c2cccc3ccccc23)CC1.Cl. The number of fused-ring (bicyclic) bond motifs is 1. The van der Waals surface area contributed by atoms with Gasteiger partial charge in [-0.2, -0.15) is 0 Å². The number of carbonyl (C=O) groups excluding carboxylic acids is 2. The van der Waals surface area contributed by atoms with Crippen molar-refractivity contribution in [3.63, 3.8) is 0 Å². The maximum absolute atomic E-state index is 13.0. The Hall–Kier alpha value is -2.11. The molecule has 0 aromatic heterocycles. The zero-order valence-electron chi connectivity index (χ0n) is 15.9. The van der Waals surface area contributed by atoms with Crippen LogP contribution in [0.1, 0.15) is 37.0 Å². The summed E-state index contributed by atoms with van der Waals surface area (Å²) in [5.41, 5.74) is 6.23. The van der Waals surface area contributed by atoms with Crippen LogP contribution in [0.25, 0.3) is 10.8 Å². The molecule has 2 amide bonds. The molecule has 146 valence electrons. The number of halogens is 1. The molecule has 5 nitrogen and oxygen atoms in total. The molecule has 1 heterocycles. The molecule has 0 spiro atoms. The minimum Gasteiger partial charge on any atom is -0.354 e. The summed E-state index contributed by atoms with van der Waals surface area (Å²) in [5, 5.41) is 4.97. The molecule has 27 heavy (non-hydrogen) atoms. The first-order chi connectivity index (χ1) is 12.3.